The number of fused-ring (bicyclic) bond motifs is 1. The third kappa shape index (κ3) is 4.21. The highest BCUT2D eigenvalue weighted by Crippen LogP contribution is 2.32. The quantitative estimate of drug-likeness (QED) is 0.802. The van der Waals surface area contributed by atoms with Gasteiger partial charge in [-0.05, 0) is 70.2 Å². The average molecular weight is 290 g/mol. The molecule has 0 fully saturated rings. The van der Waals surface area contributed by atoms with Crippen molar-refractivity contribution in [3.05, 3.63) is 29.3 Å². The van der Waals surface area contributed by atoms with Crippen molar-refractivity contribution in [3.8, 4) is 5.75 Å². The van der Waals surface area contributed by atoms with E-state index in [0.29, 0.717) is 0 Å². The largest absolute Gasteiger partial charge is 0.508 e. The van der Waals surface area contributed by atoms with Gasteiger partial charge in [-0.25, -0.2) is 0 Å². The Morgan fingerprint density at radius 1 is 1.38 bits per heavy atom. The van der Waals surface area contributed by atoms with Gasteiger partial charge in [0.05, 0.1) is 6.04 Å². The van der Waals surface area contributed by atoms with Gasteiger partial charge >= 0.3 is 0 Å². The lowest BCUT2D eigenvalue weighted by atomic mass is 9.87. The maximum Gasteiger partial charge on any atom is 0.237 e. The van der Waals surface area contributed by atoms with Crippen LogP contribution in [-0.4, -0.2) is 22.6 Å². The summed E-state index contributed by atoms with van der Waals surface area (Å²) < 4.78 is 0. The summed E-state index contributed by atoms with van der Waals surface area (Å²) in [5.74, 6) is 0.295. The van der Waals surface area contributed by atoms with Crippen molar-refractivity contribution in [1.29, 1.82) is 0 Å². The van der Waals surface area contributed by atoms with Gasteiger partial charge in [-0.1, -0.05) is 6.07 Å². The zero-order chi connectivity index (χ0) is 15.6. The molecule has 0 saturated heterocycles. The van der Waals surface area contributed by atoms with Crippen LogP contribution in [0.2, 0.25) is 0 Å². The molecule has 21 heavy (non-hydrogen) atoms. The first kappa shape index (κ1) is 15.8. The maximum absolute atomic E-state index is 12.2. The molecule has 0 spiro atoms. The van der Waals surface area contributed by atoms with Crippen LogP contribution in [-0.2, 0) is 11.2 Å². The van der Waals surface area contributed by atoms with Crippen molar-refractivity contribution < 1.29 is 9.90 Å². The molecule has 0 aromatic heterocycles. The lowest BCUT2D eigenvalue weighted by Crippen LogP contribution is -2.50. The monoisotopic (exact) mass is 290 g/mol. The number of carbonyl (C=O) groups excluding carboxylic acids is 1. The molecule has 0 bridgehead atoms. The number of hydrogen-bond acceptors (Lipinski definition) is 3. The summed E-state index contributed by atoms with van der Waals surface area (Å²) in [7, 11) is 0. The Balaban J connectivity index is 2.07. The van der Waals surface area contributed by atoms with E-state index in [0.717, 1.165) is 24.8 Å². The molecular formula is C17H26N2O2. The molecule has 4 nitrogen and oxygen atoms in total. The van der Waals surface area contributed by atoms with Crippen molar-refractivity contribution in [3.63, 3.8) is 0 Å². The summed E-state index contributed by atoms with van der Waals surface area (Å²) in [6, 6.07) is 5.40. The summed E-state index contributed by atoms with van der Waals surface area (Å²) in [5.41, 5.74) is 2.16. The highest BCUT2D eigenvalue weighted by Gasteiger charge is 2.25. The molecule has 1 aliphatic carbocycles. The Kier molecular flexibility index (Phi) is 4.57. The van der Waals surface area contributed by atoms with E-state index >= 15 is 0 Å². The second-order valence-corrected chi connectivity index (χ2v) is 6.96. The fraction of sp³-hybridized carbons (Fsp3) is 0.588. The normalized spacial score (nSPS) is 19.7. The molecular weight excluding hydrogens is 264 g/mol. The Hall–Kier alpha value is -1.55. The summed E-state index contributed by atoms with van der Waals surface area (Å²) >= 11 is 0. The van der Waals surface area contributed by atoms with Gasteiger partial charge in [0.2, 0.25) is 5.91 Å². The molecule has 0 radical (unpaired) electrons. The maximum atomic E-state index is 12.2. The van der Waals surface area contributed by atoms with Crippen molar-refractivity contribution in [2.45, 2.75) is 64.6 Å². The van der Waals surface area contributed by atoms with Gasteiger partial charge in [0.25, 0.3) is 0 Å². The molecule has 1 amide bonds. The SMILES string of the molecule is CC(NC1CCCc2ccc(O)cc21)C(=O)NC(C)(C)C. The van der Waals surface area contributed by atoms with Crippen LogP contribution in [0.4, 0.5) is 0 Å². The third-order valence-corrected chi connectivity index (χ3v) is 3.79. The van der Waals surface area contributed by atoms with Crippen LogP contribution in [0.25, 0.3) is 0 Å². The van der Waals surface area contributed by atoms with Crippen LogP contribution >= 0.6 is 0 Å². The van der Waals surface area contributed by atoms with Gasteiger partial charge in [0.15, 0.2) is 0 Å². The first-order chi connectivity index (χ1) is 9.76. The number of hydrogen-bond donors (Lipinski definition) is 3. The molecule has 0 saturated carbocycles. The van der Waals surface area contributed by atoms with Crippen LogP contribution in [0.5, 0.6) is 5.75 Å². The van der Waals surface area contributed by atoms with Gasteiger partial charge in [-0.3, -0.25) is 10.1 Å². The number of rotatable bonds is 3. The number of aryl methyl sites for hydroxylation is 1. The van der Waals surface area contributed by atoms with Crippen molar-refractivity contribution >= 4 is 5.91 Å². The first-order valence-corrected chi connectivity index (χ1v) is 7.66. The molecule has 4 heteroatoms. The lowest BCUT2D eigenvalue weighted by molar-refractivity contribution is -0.124. The minimum Gasteiger partial charge on any atom is -0.508 e. The van der Waals surface area contributed by atoms with Gasteiger partial charge in [-0.15, -0.1) is 0 Å². The first-order valence-electron chi connectivity index (χ1n) is 7.66. The standard InChI is InChI=1S/C17H26N2O2/c1-11(16(21)19-17(2,3)4)18-15-7-5-6-12-8-9-13(20)10-14(12)15/h8-11,15,18,20H,5-7H2,1-4H3,(H,19,21). The van der Waals surface area contributed by atoms with Crippen molar-refractivity contribution in [2.75, 3.05) is 0 Å². The van der Waals surface area contributed by atoms with E-state index in [4.69, 9.17) is 0 Å². The highest BCUT2D eigenvalue weighted by molar-refractivity contribution is 5.82. The predicted octanol–water partition coefficient (Wildman–Crippen LogP) is 2.66. The topological polar surface area (TPSA) is 61.4 Å². The van der Waals surface area contributed by atoms with Gasteiger partial charge in [0.1, 0.15) is 5.75 Å². The van der Waals surface area contributed by atoms with E-state index in [2.05, 4.69) is 10.6 Å². The van der Waals surface area contributed by atoms with Crippen LogP contribution < -0.4 is 10.6 Å². The van der Waals surface area contributed by atoms with E-state index < -0.39 is 0 Å². The minimum atomic E-state index is -0.262. The van der Waals surface area contributed by atoms with Crippen molar-refractivity contribution in [1.82, 2.24) is 10.6 Å². The number of benzene rings is 1. The number of phenolic OH excluding ortho intramolecular Hbond substituents is 1. The average Bonchev–Trinajstić information content (AvgIpc) is 2.37. The Morgan fingerprint density at radius 2 is 2.10 bits per heavy atom. The minimum absolute atomic E-state index is 0.00905. The molecule has 2 unspecified atom stereocenters. The molecule has 1 aromatic rings. The number of carbonyl (C=O) groups is 1. The number of amides is 1. The van der Waals surface area contributed by atoms with Gasteiger partial charge in [-0.2, -0.15) is 0 Å². The molecule has 1 aromatic carbocycles. The Bertz CT molecular complexity index is 520. The van der Waals surface area contributed by atoms with E-state index in [1.807, 2.05) is 39.8 Å². The van der Waals surface area contributed by atoms with E-state index in [1.54, 1.807) is 6.07 Å². The van der Waals surface area contributed by atoms with Crippen LogP contribution in [0.3, 0.4) is 0 Å². The fourth-order valence-electron chi connectivity index (χ4n) is 2.81. The number of aromatic hydroxyl groups is 1. The van der Waals surface area contributed by atoms with Gasteiger partial charge < -0.3 is 10.4 Å². The molecule has 116 valence electrons. The molecule has 1 aliphatic rings. The third-order valence-electron chi connectivity index (χ3n) is 3.79. The van der Waals surface area contributed by atoms with Crippen LogP contribution in [0.1, 0.15) is 57.7 Å². The zero-order valence-corrected chi connectivity index (χ0v) is 13.4. The van der Waals surface area contributed by atoms with E-state index in [-0.39, 0.29) is 29.3 Å². The summed E-state index contributed by atoms with van der Waals surface area (Å²) in [5, 5.41) is 16.1. The lowest BCUT2D eigenvalue weighted by Gasteiger charge is -2.30. The molecule has 3 N–H and O–H groups in total. The molecule has 0 aliphatic heterocycles. The molecule has 2 atom stereocenters. The molecule has 0 heterocycles. The second kappa shape index (κ2) is 6.06. The summed E-state index contributed by atoms with van der Waals surface area (Å²) in [4.78, 5) is 12.2. The predicted molar refractivity (Wildman–Crippen MR) is 84.3 cm³/mol. The van der Waals surface area contributed by atoms with Crippen molar-refractivity contribution in [2.24, 2.45) is 0 Å². The van der Waals surface area contributed by atoms with E-state index in [9.17, 15) is 9.90 Å². The van der Waals surface area contributed by atoms with Gasteiger partial charge in [0, 0.05) is 11.6 Å². The zero-order valence-electron chi connectivity index (χ0n) is 13.4. The summed E-state index contributed by atoms with van der Waals surface area (Å²) in [6.45, 7) is 7.82. The van der Waals surface area contributed by atoms with Crippen LogP contribution in [0.15, 0.2) is 18.2 Å². The van der Waals surface area contributed by atoms with E-state index in [1.165, 1.54) is 5.56 Å². The smallest absolute Gasteiger partial charge is 0.237 e. The summed E-state index contributed by atoms with van der Waals surface area (Å²) in [6.07, 6.45) is 3.13. The van der Waals surface area contributed by atoms with Crippen LogP contribution in [0, 0.1) is 0 Å². The Morgan fingerprint density at radius 3 is 2.76 bits per heavy atom. The fourth-order valence-corrected chi connectivity index (χ4v) is 2.81. The Labute approximate surface area is 126 Å². The molecule has 2 rings (SSSR count). The number of phenols is 1. The second-order valence-electron chi connectivity index (χ2n) is 6.96. The highest BCUT2D eigenvalue weighted by atomic mass is 16.3. The number of nitrogens with one attached hydrogen (secondary N) is 2.